The van der Waals surface area contributed by atoms with Gasteiger partial charge in [0.25, 0.3) is 0 Å². The third-order valence-electron chi connectivity index (χ3n) is 3.27. The van der Waals surface area contributed by atoms with Crippen molar-refractivity contribution in [3.63, 3.8) is 0 Å². The Labute approximate surface area is 180 Å². The third-order valence-corrected chi connectivity index (χ3v) is 4.81. The van der Waals surface area contributed by atoms with Crippen molar-refractivity contribution < 1.29 is 9.47 Å². The van der Waals surface area contributed by atoms with Gasteiger partial charge in [0, 0.05) is 10.1 Å². The molecule has 0 fully saturated rings. The van der Waals surface area contributed by atoms with Crippen LogP contribution in [0, 0.1) is 3.57 Å². The van der Waals surface area contributed by atoms with Crippen molar-refractivity contribution in [2.45, 2.75) is 13.5 Å². The van der Waals surface area contributed by atoms with Crippen molar-refractivity contribution in [3.05, 3.63) is 55.6 Å². The van der Waals surface area contributed by atoms with E-state index >= 15 is 0 Å². The Morgan fingerprint density at radius 3 is 2.69 bits per heavy atom. The molecule has 138 valence electrons. The minimum absolute atomic E-state index is 0.456. The van der Waals surface area contributed by atoms with E-state index in [-0.39, 0.29) is 0 Å². The van der Waals surface area contributed by atoms with Gasteiger partial charge in [-0.1, -0.05) is 12.1 Å². The summed E-state index contributed by atoms with van der Waals surface area (Å²) in [7, 11) is 1.61. The number of halogens is 2. The Hall–Kier alpha value is -1.39. The number of hydrazone groups is 1. The van der Waals surface area contributed by atoms with Gasteiger partial charge in [-0.3, -0.25) is 5.43 Å². The summed E-state index contributed by atoms with van der Waals surface area (Å²) in [5.74, 6) is 1.28. The van der Waals surface area contributed by atoms with E-state index in [2.05, 4.69) is 66.5 Å². The molecule has 2 N–H and O–H groups in total. The van der Waals surface area contributed by atoms with Gasteiger partial charge >= 0.3 is 0 Å². The number of hydrogen-bond donors (Lipinski definition) is 2. The standard InChI is InChI=1S/C18H19BrIN3O2S/c1-3-21-18(26)23-22-10-13-8-15(19)17(16(9-13)24-2)25-11-12-4-6-14(20)7-5-12/h4-10H,3,11H2,1-2H3,(H2,21,23,26)/b22-10-. The second kappa shape index (κ2) is 10.7. The molecular weight excluding hydrogens is 529 g/mol. The fourth-order valence-corrected chi connectivity index (χ4v) is 3.19. The zero-order chi connectivity index (χ0) is 18.9. The van der Waals surface area contributed by atoms with Crippen LogP contribution in [0.3, 0.4) is 0 Å². The molecule has 0 saturated heterocycles. The van der Waals surface area contributed by atoms with E-state index in [9.17, 15) is 0 Å². The quantitative estimate of drug-likeness (QED) is 0.232. The average molecular weight is 548 g/mol. The normalized spacial score (nSPS) is 10.6. The lowest BCUT2D eigenvalue weighted by Crippen LogP contribution is -2.31. The second-order valence-corrected chi connectivity index (χ2v) is 7.69. The maximum atomic E-state index is 5.95. The van der Waals surface area contributed by atoms with E-state index < -0.39 is 0 Å². The summed E-state index contributed by atoms with van der Waals surface area (Å²) in [5, 5.41) is 7.55. The Bertz CT molecular complexity index is 785. The molecule has 0 aromatic heterocycles. The molecule has 26 heavy (non-hydrogen) atoms. The molecule has 2 rings (SSSR count). The van der Waals surface area contributed by atoms with Gasteiger partial charge in [0.15, 0.2) is 16.6 Å². The summed E-state index contributed by atoms with van der Waals surface area (Å²) in [6.45, 7) is 3.17. The van der Waals surface area contributed by atoms with Gasteiger partial charge in [0.2, 0.25) is 0 Å². The fourth-order valence-electron chi connectivity index (χ4n) is 2.06. The van der Waals surface area contributed by atoms with E-state index in [4.69, 9.17) is 21.7 Å². The number of nitrogens with one attached hydrogen (secondary N) is 2. The minimum Gasteiger partial charge on any atom is -0.493 e. The molecule has 0 aliphatic heterocycles. The SMILES string of the molecule is CCNC(=S)N/N=C\c1cc(Br)c(OCc2ccc(I)cc2)c(OC)c1. The highest BCUT2D eigenvalue weighted by atomic mass is 127. The van der Waals surface area contributed by atoms with Crippen LogP contribution in [-0.2, 0) is 6.61 Å². The van der Waals surface area contributed by atoms with Crippen molar-refractivity contribution in [2.24, 2.45) is 5.10 Å². The van der Waals surface area contributed by atoms with E-state index in [1.807, 2.05) is 31.2 Å². The number of hydrogen-bond acceptors (Lipinski definition) is 4. The first kappa shape index (κ1) is 20.9. The summed E-state index contributed by atoms with van der Waals surface area (Å²) in [4.78, 5) is 0. The molecule has 2 aromatic rings. The smallest absolute Gasteiger partial charge is 0.186 e. The van der Waals surface area contributed by atoms with Crippen LogP contribution in [0.1, 0.15) is 18.1 Å². The molecule has 0 atom stereocenters. The van der Waals surface area contributed by atoms with Gasteiger partial charge < -0.3 is 14.8 Å². The molecule has 0 aliphatic rings. The predicted molar refractivity (Wildman–Crippen MR) is 121 cm³/mol. The maximum absolute atomic E-state index is 5.95. The van der Waals surface area contributed by atoms with Crippen LogP contribution in [0.4, 0.5) is 0 Å². The van der Waals surface area contributed by atoms with E-state index in [1.54, 1.807) is 13.3 Å². The van der Waals surface area contributed by atoms with Crippen LogP contribution in [-0.4, -0.2) is 25.0 Å². The van der Waals surface area contributed by atoms with Gasteiger partial charge in [0.05, 0.1) is 17.8 Å². The molecule has 2 aromatic carbocycles. The van der Waals surface area contributed by atoms with Gasteiger partial charge in [-0.05, 0) is 93.1 Å². The molecule has 8 heteroatoms. The summed E-state index contributed by atoms with van der Waals surface area (Å²) < 4.78 is 13.4. The summed E-state index contributed by atoms with van der Waals surface area (Å²) >= 11 is 10.9. The molecule has 0 saturated carbocycles. The number of rotatable bonds is 7. The van der Waals surface area contributed by atoms with Crippen LogP contribution < -0.4 is 20.2 Å². The number of nitrogens with zero attached hydrogens (tertiary/aromatic N) is 1. The number of benzene rings is 2. The van der Waals surface area contributed by atoms with Crippen LogP contribution in [0.2, 0.25) is 0 Å². The molecule has 0 spiro atoms. The third kappa shape index (κ3) is 6.40. The van der Waals surface area contributed by atoms with Crippen molar-refractivity contribution >= 4 is 62.1 Å². The maximum Gasteiger partial charge on any atom is 0.186 e. The zero-order valence-electron chi connectivity index (χ0n) is 14.4. The van der Waals surface area contributed by atoms with Gasteiger partial charge in [-0.2, -0.15) is 5.10 Å². The Kier molecular flexibility index (Phi) is 8.60. The molecular formula is C18H19BrIN3O2S. The van der Waals surface area contributed by atoms with Crippen molar-refractivity contribution in [1.29, 1.82) is 0 Å². The van der Waals surface area contributed by atoms with Crippen LogP contribution >= 0.6 is 50.7 Å². The molecule has 0 amide bonds. The molecule has 0 aliphatic carbocycles. The molecule has 0 unspecified atom stereocenters. The first-order chi connectivity index (χ1) is 12.5. The molecule has 5 nitrogen and oxygen atoms in total. The fraction of sp³-hybridized carbons (Fsp3) is 0.222. The topological polar surface area (TPSA) is 54.9 Å². The second-order valence-electron chi connectivity index (χ2n) is 5.18. The Morgan fingerprint density at radius 2 is 2.04 bits per heavy atom. The zero-order valence-corrected chi connectivity index (χ0v) is 18.9. The van der Waals surface area contributed by atoms with Crippen molar-refractivity contribution in [3.8, 4) is 11.5 Å². The lowest BCUT2D eigenvalue weighted by molar-refractivity contribution is 0.282. The van der Waals surface area contributed by atoms with Crippen molar-refractivity contribution in [2.75, 3.05) is 13.7 Å². The van der Waals surface area contributed by atoms with Gasteiger partial charge in [-0.25, -0.2) is 0 Å². The minimum atomic E-state index is 0.456. The van der Waals surface area contributed by atoms with Crippen molar-refractivity contribution in [1.82, 2.24) is 10.7 Å². The highest BCUT2D eigenvalue weighted by molar-refractivity contribution is 14.1. The molecule has 0 bridgehead atoms. The Balaban J connectivity index is 2.09. The lowest BCUT2D eigenvalue weighted by atomic mass is 10.2. The average Bonchev–Trinajstić information content (AvgIpc) is 2.62. The lowest BCUT2D eigenvalue weighted by Gasteiger charge is -2.13. The predicted octanol–water partition coefficient (Wildman–Crippen LogP) is 4.46. The summed E-state index contributed by atoms with van der Waals surface area (Å²) in [6, 6.07) is 12.0. The van der Waals surface area contributed by atoms with Crippen LogP contribution in [0.15, 0.2) is 46.0 Å². The number of methoxy groups -OCH3 is 1. The van der Waals surface area contributed by atoms with E-state index in [1.165, 1.54) is 3.57 Å². The highest BCUT2D eigenvalue weighted by Crippen LogP contribution is 2.36. The summed E-state index contributed by atoms with van der Waals surface area (Å²) in [5.41, 5.74) is 4.69. The monoisotopic (exact) mass is 547 g/mol. The number of thiocarbonyl (C=S) groups is 1. The van der Waals surface area contributed by atoms with Crippen LogP contribution in [0.25, 0.3) is 0 Å². The van der Waals surface area contributed by atoms with Crippen LogP contribution in [0.5, 0.6) is 11.5 Å². The van der Waals surface area contributed by atoms with Gasteiger partial charge in [-0.15, -0.1) is 0 Å². The van der Waals surface area contributed by atoms with E-state index in [0.717, 1.165) is 22.1 Å². The first-order valence-electron chi connectivity index (χ1n) is 7.85. The molecule has 0 heterocycles. The number of ether oxygens (including phenoxy) is 2. The summed E-state index contributed by atoms with van der Waals surface area (Å²) in [6.07, 6.45) is 1.67. The highest BCUT2D eigenvalue weighted by Gasteiger charge is 2.11. The Morgan fingerprint density at radius 1 is 1.31 bits per heavy atom. The van der Waals surface area contributed by atoms with Gasteiger partial charge in [0.1, 0.15) is 6.61 Å². The first-order valence-corrected chi connectivity index (χ1v) is 10.1. The van der Waals surface area contributed by atoms with E-state index in [0.29, 0.717) is 23.2 Å². The largest absolute Gasteiger partial charge is 0.493 e. The molecule has 0 radical (unpaired) electrons.